The third-order valence-electron chi connectivity index (χ3n) is 5.35. The molecule has 0 unspecified atom stereocenters. The zero-order valence-electron chi connectivity index (χ0n) is 19.1. The van der Waals surface area contributed by atoms with Gasteiger partial charge in [0.25, 0.3) is 0 Å². The molecule has 1 N–H and O–H groups in total. The molecule has 1 aromatic carbocycles. The first-order chi connectivity index (χ1) is 15.0. The summed E-state index contributed by atoms with van der Waals surface area (Å²) in [5, 5.41) is 0. The Morgan fingerprint density at radius 3 is 2.47 bits per heavy atom. The molecule has 10 heteroatoms. The molecule has 0 spiro atoms. The Hall–Kier alpha value is -2.98. The standard InChI is InChI=1S/C22H28N4O5S/c1-7-10-26-18-9-8-16(32(29,30)25(5)6)11-17(18)24-19(26)12-31-22(28)21-13(2)20(15(4)27)14(3)23-21/h8-9,11,23H,7,10,12H2,1-6H3. The molecule has 0 atom stereocenters. The molecule has 0 aliphatic heterocycles. The number of hydrogen-bond acceptors (Lipinski definition) is 6. The van der Waals surface area contributed by atoms with Crippen LogP contribution >= 0.6 is 0 Å². The Balaban J connectivity index is 1.93. The van der Waals surface area contributed by atoms with Crippen molar-refractivity contribution in [2.45, 2.75) is 52.2 Å². The van der Waals surface area contributed by atoms with Gasteiger partial charge in [0.1, 0.15) is 18.1 Å². The molecule has 2 heterocycles. The molecular weight excluding hydrogens is 432 g/mol. The molecule has 0 saturated heterocycles. The lowest BCUT2D eigenvalue weighted by Gasteiger charge is -2.11. The largest absolute Gasteiger partial charge is 0.453 e. The van der Waals surface area contributed by atoms with Gasteiger partial charge in [-0.25, -0.2) is 22.5 Å². The fourth-order valence-corrected chi connectivity index (χ4v) is 4.72. The van der Waals surface area contributed by atoms with E-state index in [-0.39, 0.29) is 23.0 Å². The van der Waals surface area contributed by atoms with Gasteiger partial charge < -0.3 is 14.3 Å². The van der Waals surface area contributed by atoms with Gasteiger partial charge in [-0.2, -0.15) is 0 Å². The monoisotopic (exact) mass is 460 g/mol. The number of aromatic amines is 1. The van der Waals surface area contributed by atoms with Crippen LogP contribution in [0.4, 0.5) is 0 Å². The van der Waals surface area contributed by atoms with Crippen LogP contribution in [-0.2, 0) is 27.9 Å². The number of nitrogens with zero attached hydrogens (tertiary/aromatic N) is 3. The van der Waals surface area contributed by atoms with Gasteiger partial charge in [0.05, 0.1) is 15.9 Å². The van der Waals surface area contributed by atoms with Gasteiger partial charge in [0.2, 0.25) is 10.0 Å². The van der Waals surface area contributed by atoms with Crippen molar-refractivity contribution in [3.8, 4) is 0 Å². The predicted octanol–water partition coefficient (Wildman–Crippen LogP) is 3.20. The lowest BCUT2D eigenvalue weighted by atomic mass is 10.1. The van der Waals surface area contributed by atoms with Crippen molar-refractivity contribution in [1.82, 2.24) is 18.8 Å². The highest BCUT2D eigenvalue weighted by atomic mass is 32.2. The molecule has 3 rings (SSSR count). The van der Waals surface area contributed by atoms with Crippen LogP contribution < -0.4 is 0 Å². The number of aryl methyl sites for hydroxylation is 2. The number of fused-ring (bicyclic) bond motifs is 1. The minimum absolute atomic E-state index is 0.0871. The Kier molecular flexibility index (Phi) is 6.56. The maximum Gasteiger partial charge on any atom is 0.355 e. The summed E-state index contributed by atoms with van der Waals surface area (Å²) in [6, 6.07) is 4.80. The van der Waals surface area contributed by atoms with Crippen molar-refractivity contribution < 1.29 is 22.7 Å². The van der Waals surface area contributed by atoms with Crippen molar-refractivity contribution >= 4 is 32.8 Å². The van der Waals surface area contributed by atoms with Crippen LogP contribution in [0.3, 0.4) is 0 Å². The fraction of sp³-hybridized carbons (Fsp3) is 0.409. The fourth-order valence-electron chi connectivity index (χ4n) is 3.80. The second-order valence-corrected chi connectivity index (χ2v) is 10.0. The smallest absolute Gasteiger partial charge is 0.355 e. The van der Waals surface area contributed by atoms with Crippen LogP contribution in [0.25, 0.3) is 11.0 Å². The SMILES string of the molecule is CCCn1c(COC(=O)c2[nH]c(C)c(C(C)=O)c2C)nc2cc(S(=O)(=O)N(C)C)ccc21. The van der Waals surface area contributed by atoms with Gasteiger partial charge >= 0.3 is 5.97 Å². The Labute approximate surface area is 187 Å². The van der Waals surface area contributed by atoms with Gasteiger partial charge in [0.15, 0.2) is 5.78 Å². The third kappa shape index (κ3) is 4.20. The van der Waals surface area contributed by atoms with Crippen LogP contribution in [0.2, 0.25) is 0 Å². The van der Waals surface area contributed by atoms with Crippen molar-refractivity contribution in [2.24, 2.45) is 0 Å². The number of sulfonamides is 1. The van der Waals surface area contributed by atoms with Crippen LogP contribution in [0, 0.1) is 13.8 Å². The molecule has 3 aromatic rings. The van der Waals surface area contributed by atoms with E-state index in [1.165, 1.54) is 27.1 Å². The number of ketones is 1. The quantitative estimate of drug-likeness (QED) is 0.408. The number of ether oxygens (including phenoxy) is 1. The average Bonchev–Trinajstić information content (AvgIpc) is 3.22. The Morgan fingerprint density at radius 2 is 1.91 bits per heavy atom. The molecule has 0 radical (unpaired) electrons. The average molecular weight is 461 g/mol. The molecule has 0 amide bonds. The molecule has 0 fully saturated rings. The van der Waals surface area contributed by atoms with E-state index < -0.39 is 16.0 Å². The van der Waals surface area contributed by atoms with E-state index in [4.69, 9.17) is 4.74 Å². The molecule has 0 aliphatic carbocycles. The molecule has 0 aliphatic rings. The zero-order chi connectivity index (χ0) is 23.8. The highest BCUT2D eigenvalue weighted by Gasteiger charge is 2.23. The summed E-state index contributed by atoms with van der Waals surface area (Å²) in [4.78, 5) is 32.1. The highest BCUT2D eigenvalue weighted by molar-refractivity contribution is 7.89. The van der Waals surface area contributed by atoms with Crippen molar-refractivity contribution in [3.63, 3.8) is 0 Å². The van der Waals surface area contributed by atoms with E-state index in [9.17, 15) is 18.0 Å². The number of benzene rings is 1. The Morgan fingerprint density at radius 1 is 1.22 bits per heavy atom. The van der Waals surface area contributed by atoms with E-state index in [2.05, 4.69) is 9.97 Å². The first kappa shape index (κ1) is 23.7. The number of rotatable bonds is 8. The van der Waals surface area contributed by atoms with E-state index in [0.717, 1.165) is 16.2 Å². The number of imidazole rings is 1. The van der Waals surface area contributed by atoms with Gasteiger partial charge in [-0.1, -0.05) is 6.92 Å². The number of Topliss-reactive ketones (excluding diaryl/α,β-unsaturated/α-hetero) is 1. The number of aromatic nitrogens is 3. The third-order valence-corrected chi connectivity index (χ3v) is 7.16. The lowest BCUT2D eigenvalue weighted by Crippen LogP contribution is -2.22. The predicted molar refractivity (Wildman–Crippen MR) is 120 cm³/mol. The number of carbonyl (C=O) groups is 2. The summed E-state index contributed by atoms with van der Waals surface area (Å²) in [5.41, 5.74) is 3.19. The van der Waals surface area contributed by atoms with Crippen molar-refractivity contribution in [1.29, 1.82) is 0 Å². The number of hydrogen-bond donors (Lipinski definition) is 1. The van der Waals surface area contributed by atoms with Gasteiger partial charge in [-0.05, 0) is 51.0 Å². The second-order valence-electron chi connectivity index (χ2n) is 7.87. The van der Waals surface area contributed by atoms with E-state index in [1.807, 2.05) is 11.5 Å². The number of nitrogens with one attached hydrogen (secondary N) is 1. The van der Waals surface area contributed by atoms with E-state index in [0.29, 0.717) is 34.7 Å². The zero-order valence-corrected chi connectivity index (χ0v) is 20.0. The summed E-state index contributed by atoms with van der Waals surface area (Å²) in [6.07, 6.45) is 0.820. The normalized spacial score (nSPS) is 12.0. The van der Waals surface area contributed by atoms with E-state index in [1.54, 1.807) is 26.0 Å². The molecule has 32 heavy (non-hydrogen) atoms. The van der Waals surface area contributed by atoms with Crippen LogP contribution in [0.15, 0.2) is 23.1 Å². The summed E-state index contributed by atoms with van der Waals surface area (Å²) >= 11 is 0. The molecule has 9 nitrogen and oxygen atoms in total. The molecule has 172 valence electrons. The molecule has 0 bridgehead atoms. The number of H-pyrrole nitrogens is 1. The van der Waals surface area contributed by atoms with Gasteiger partial charge in [-0.3, -0.25) is 4.79 Å². The Bertz CT molecular complexity index is 1300. The molecule has 0 saturated carbocycles. The maximum absolute atomic E-state index is 12.7. The van der Waals surface area contributed by atoms with Gasteiger partial charge in [-0.15, -0.1) is 0 Å². The maximum atomic E-state index is 12.7. The van der Waals surface area contributed by atoms with Crippen molar-refractivity contribution in [2.75, 3.05) is 14.1 Å². The van der Waals surface area contributed by atoms with Crippen LogP contribution in [-0.4, -0.2) is 53.1 Å². The first-order valence-corrected chi connectivity index (χ1v) is 11.7. The minimum atomic E-state index is -3.59. The highest BCUT2D eigenvalue weighted by Crippen LogP contribution is 2.24. The first-order valence-electron chi connectivity index (χ1n) is 10.3. The number of esters is 1. The van der Waals surface area contributed by atoms with Crippen LogP contribution in [0.5, 0.6) is 0 Å². The lowest BCUT2D eigenvalue weighted by molar-refractivity contribution is 0.0451. The summed E-state index contributed by atoms with van der Waals surface area (Å²) in [6.45, 7) is 7.46. The minimum Gasteiger partial charge on any atom is -0.453 e. The summed E-state index contributed by atoms with van der Waals surface area (Å²) in [7, 11) is -0.644. The topological polar surface area (TPSA) is 114 Å². The van der Waals surface area contributed by atoms with Crippen LogP contribution in [0.1, 0.15) is 58.2 Å². The molecular formula is C22H28N4O5S. The van der Waals surface area contributed by atoms with E-state index >= 15 is 0 Å². The van der Waals surface area contributed by atoms with Crippen molar-refractivity contribution in [3.05, 3.63) is 46.5 Å². The van der Waals surface area contributed by atoms with Gasteiger partial charge in [0, 0.05) is 31.9 Å². The summed E-state index contributed by atoms with van der Waals surface area (Å²) < 4.78 is 33.5. The second kappa shape index (κ2) is 8.87. The molecule has 2 aromatic heterocycles. The summed E-state index contributed by atoms with van der Waals surface area (Å²) in [5.74, 6) is -0.185. The number of carbonyl (C=O) groups excluding carboxylic acids is 2.